The minimum absolute atomic E-state index is 0.0105. The highest BCUT2D eigenvalue weighted by Crippen LogP contribution is 2.29. The Balaban J connectivity index is 1.71. The van der Waals surface area contributed by atoms with E-state index in [1.54, 1.807) is 37.3 Å². The molecule has 0 aromatic heterocycles. The molecule has 0 spiro atoms. The Morgan fingerprint density at radius 1 is 1.09 bits per heavy atom. The standard InChI is InChI=1S/C23H24N4O6/c1-3-32-19-11-15(6-9-18(19)33-13-20(24)28)10-17-22(30)27(23(31)26-17)12-21(29)25-16-7-4-14(2)5-8-16/h4-11H,3,12-13H2,1-2H3,(H2,24,28)(H,25,29)(H,26,31)/b17-10+. The largest absolute Gasteiger partial charge is 0.490 e. The van der Waals surface area contributed by atoms with Crippen molar-refractivity contribution in [3.05, 3.63) is 59.3 Å². The molecular formula is C23H24N4O6. The number of nitrogens with zero attached hydrogens (tertiary/aromatic N) is 1. The fourth-order valence-electron chi connectivity index (χ4n) is 3.01. The second kappa shape index (κ2) is 10.3. The van der Waals surface area contributed by atoms with E-state index in [-0.39, 0.29) is 12.3 Å². The van der Waals surface area contributed by atoms with Crippen LogP contribution in [0.3, 0.4) is 0 Å². The van der Waals surface area contributed by atoms with Gasteiger partial charge in [-0.15, -0.1) is 0 Å². The SMILES string of the molecule is CCOc1cc(/C=C2/NC(=O)N(CC(=O)Nc3ccc(C)cc3)C2=O)ccc1OCC(N)=O. The fourth-order valence-corrected chi connectivity index (χ4v) is 3.01. The van der Waals surface area contributed by atoms with E-state index in [0.717, 1.165) is 10.5 Å². The van der Waals surface area contributed by atoms with E-state index < -0.39 is 30.3 Å². The lowest BCUT2D eigenvalue weighted by Crippen LogP contribution is -2.38. The maximum atomic E-state index is 12.7. The van der Waals surface area contributed by atoms with Crippen LogP contribution in [0.15, 0.2) is 48.2 Å². The number of urea groups is 1. The summed E-state index contributed by atoms with van der Waals surface area (Å²) in [5, 5.41) is 5.12. The number of hydrogen-bond acceptors (Lipinski definition) is 6. The van der Waals surface area contributed by atoms with Crippen LogP contribution in [0, 0.1) is 6.92 Å². The molecule has 0 radical (unpaired) electrons. The number of carbonyl (C=O) groups is 4. The summed E-state index contributed by atoms with van der Waals surface area (Å²) in [7, 11) is 0. The molecule has 0 unspecified atom stereocenters. The predicted octanol–water partition coefficient (Wildman–Crippen LogP) is 1.79. The molecule has 1 fully saturated rings. The Kier molecular flexibility index (Phi) is 7.29. The maximum absolute atomic E-state index is 12.7. The molecular weight excluding hydrogens is 428 g/mol. The van der Waals surface area contributed by atoms with Gasteiger partial charge in [-0.25, -0.2) is 9.69 Å². The number of ether oxygens (including phenoxy) is 2. The van der Waals surface area contributed by atoms with Gasteiger partial charge in [-0.3, -0.25) is 14.4 Å². The number of aryl methyl sites for hydroxylation is 1. The van der Waals surface area contributed by atoms with Crippen molar-refractivity contribution in [2.75, 3.05) is 25.1 Å². The monoisotopic (exact) mass is 452 g/mol. The quantitative estimate of drug-likeness (QED) is 0.391. The van der Waals surface area contributed by atoms with Crippen molar-refractivity contribution in [3.8, 4) is 11.5 Å². The number of imide groups is 1. The lowest BCUT2D eigenvalue weighted by atomic mass is 10.1. The average Bonchev–Trinajstić information content (AvgIpc) is 3.02. The van der Waals surface area contributed by atoms with Crippen LogP contribution in [-0.4, -0.2) is 48.4 Å². The summed E-state index contributed by atoms with van der Waals surface area (Å²) in [4.78, 5) is 49.1. The van der Waals surface area contributed by atoms with Crippen molar-refractivity contribution in [2.45, 2.75) is 13.8 Å². The minimum atomic E-state index is -0.697. The third kappa shape index (κ3) is 6.10. The molecule has 4 N–H and O–H groups in total. The molecule has 1 aliphatic rings. The molecule has 2 aromatic carbocycles. The van der Waals surface area contributed by atoms with Gasteiger partial charge >= 0.3 is 6.03 Å². The average molecular weight is 452 g/mol. The molecule has 10 nitrogen and oxygen atoms in total. The third-order valence-corrected chi connectivity index (χ3v) is 4.55. The Bertz CT molecular complexity index is 1110. The number of anilines is 1. The second-order valence-corrected chi connectivity index (χ2v) is 7.19. The number of carbonyl (C=O) groups excluding carboxylic acids is 4. The van der Waals surface area contributed by atoms with E-state index >= 15 is 0 Å². The summed E-state index contributed by atoms with van der Waals surface area (Å²) in [5.74, 6) is -1.10. The lowest BCUT2D eigenvalue weighted by Gasteiger charge is -2.12. The van der Waals surface area contributed by atoms with Gasteiger partial charge in [-0.05, 0) is 49.8 Å². The molecule has 1 heterocycles. The number of primary amides is 1. The zero-order valence-corrected chi connectivity index (χ0v) is 18.2. The van der Waals surface area contributed by atoms with Gasteiger partial charge in [0.05, 0.1) is 6.61 Å². The van der Waals surface area contributed by atoms with Crippen LogP contribution < -0.4 is 25.8 Å². The van der Waals surface area contributed by atoms with Crippen LogP contribution in [0.2, 0.25) is 0 Å². The summed E-state index contributed by atoms with van der Waals surface area (Å²) in [5.41, 5.74) is 7.26. The fraction of sp³-hybridized carbons (Fsp3) is 0.217. The zero-order chi connectivity index (χ0) is 24.0. The topological polar surface area (TPSA) is 140 Å². The minimum Gasteiger partial charge on any atom is -0.490 e. The molecule has 0 aliphatic carbocycles. The number of nitrogens with one attached hydrogen (secondary N) is 2. The number of benzene rings is 2. The van der Waals surface area contributed by atoms with E-state index in [1.807, 2.05) is 19.1 Å². The number of rotatable bonds is 9. The Morgan fingerprint density at radius 2 is 1.82 bits per heavy atom. The maximum Gasteiger partial charge on any atom is 0.329 e. The zero-order valence-electron chi connectivity index (χ0n) is 18.2. The van der Waals surface area contributed by atoms with Crippen LogP contribution in [0.4, 0.5) is 10.5 Å². The number of hydrogen-bond donors (Lipinski definition) is 3. The Morgan fingerprint density at radius 3 is 2.48 bits per heavy atom. The second-order valence-electron chi connectivity index (χ2n) is 7.19. The molecule has 10 heteroatoms. The van der Waals surface area contributed by atoms with Crippen molar-refractivity contribution in [3.63, 3.8) is 0 Å². The van der Waals surface area contributed by atoms with Crippen molar-refractivity contribution >= 4 is 35.5 Å². The molecule has 2 aromatic rings. The van der Waals surface area contributed by atoms with E-state index in [0.29, 0.717) is 29.4 Å². The van der Waals surface area contributed by atoms with Crippen molar-refractivity contribution in [2.24, 2.45) is 5.73 Å². The van der Waals surface area contributed by atoms with E-state index in [9.17, 15) is 19.2 Å². The molecule has 1 saturated heterocycles. The van der Waals surface area contributed by atoms with E-state index in [1.165, 1.54) is 6.08 Å². The summed E-state index contributed by atoms with van der Waals surface area (Å²) >= 11 is 0. The van der Waals surface area contributed by atoms with Crippen LogP contribution in [0.25, 0.3) is 6.08 Å². The highest BCUT2D eigenvalue weighted by molar-refractivity contribution is 6.16. The van der Waals surface area contributed by atoms with Gasteiger partial charge in [0.15, 0.2) is 18.1 Å². The first kappa shape index (κ1) is 23.3. The van der Waals surface area contributed by atoms with E-state index in [2.05, 4.69) is 10.6 Å². The van der Waals surface area contributed by atoms with Crippen molar-refractivity contribution in [1.82, 2.24) is 10.2 Å². The summed E-state index contributed by atoms with van der Waals surface area (Å²) < 4.78 is 10.8. The van der Waals surface area contributed by atoms with Crippen LogP contribution >= 0.6 is 0 Å². The third-order valence-electron chi connectivity index (χ3n) is 4.55. The normalized spacial score (nSPS) is 14.2. The van der Waals surface area contributed by atoms with E-state index in [4.69, 9.17) is 15.2 Å². The molecule has 172 valence electrons. The highest BCUT2D eigenvalue weighted by Gasteiger charge is 2.35. The predicted molar refractivity (Wildman–Crippen MR) is 120 cm³/mol. The summed E-state index contributed by atoms with van der Waals surface area (Å²) in [6, 6.07) is 11.2. The van der Waals surface area contributed by atoms with Crippen LogP contribution in [0.1, 0.15) is 18.1 Å². The summed E-state index contributed by atoms with van der Waals surface area (Å²) in [6.45, 7) is 3.30. The Hall–Kier alpha value is -4.34. The lowest BCUT2D eigenvalue weighted by molar-refractivity contribution is -0.127. The van der Waals surface area contributed by atoms with Crippen LogP contribution in [0.5, 0.6) is 11.5 Å². The number of amides is 5. The molecule has 33 heavy (non-hydrogen) atoms. The van der Waals surface area contributed by atoms with Gasteiger partial charge in [0, 0.05) is 5.69 Å². The van der Waals surface area contributed by atoms with Gasteiger partial charge in [0.25, 0.3) is 11.8 Å². The highest BCUT2D eigenvalue weighted by atomic mass is 16.5. The molecule has 3 rings (SSSR count). The smallest absolute Gasteiger partial charge is 0.329 e. The van der Waals surface area contributed by atoms with Gasteiger partial charge in [-0.1, -0.05) is 23.8 Å². The van der Waals surface area contributed by atoms with Gasteiger partial charge < -0.3 is 25.8 Å². The Labute approximate surface area is 190 Å². The van der Waals surface area contributed by atoms with Gasteiger partial charge in [0.1, 0.15) is 12.2 Å². The van der Waals surface area contributed by atoms with Gasteiger partial charge in [-0.2, -0.15) is 0 Å². The first-order valence-corrected chi connectivity index (χ1v) is 10.2. The first-order valence-electron chi connectivity index (χ1n) is 10.2. The molecule has 0 atom stereocenters. The molecule has 0 bridgehead atoms. The summed E-state index contributed by atoms with van der Waals surface area (Å²) in [6.07, 6.45) is 1.46. The number of nitrogens with two attached hydrogens (primary N) is 1. The molecule has 1 aliphatic heterocycles. The first-order chi connectivity index (χ1) is 15.8. The van der Waals surface area contributed by atoms with Crippen molar-refractivity contribution in [1.29, 1.82) is 0 Å². The van der Waals surface area contributed by atoms with Crippen molar-refractivity contribution < 1.29 is 28.7 Å². The molecule has 5 amide bonds. The molecule has 0 saturated carbocycles. The van der Waals surface area contributed by atoms with Crippen LogP contribution in [-0.2, 0) is 14.4 Å². The van der Waals surface area contributed by atoms with Gasteiger partial charge in [0.2, 0.25) is 5.91 Å².